The monoisotopic (exact) mass is 293 g/mol. The van der Waals surface area contributed by atoms with Crippen molar-refractivity contribution >= 4 is 12.1 Å². The molecule has 0 fully saturated rings. The van der Waals surface area contributed by atoms with Crippen LogP contribution in [0.15, 0.2) is 24.3 Å². The number of rotatable bonds is 1. The van der Waals surface area contributed by atoms with Crippen molar-refractivity contribution < 1.29 is 24.2 Å². The first kappa shape index (κ1) is 15.2. The number of carbonyl (C=O) groups excluding carboxylic acids is 1. The lowest BCUT2D eigenvalue weighted by atomic mass is 10.0. The van der Waals surface area contributed by atoms with Crippen LogP contribution in [-0.4, -0.2) is 40.8 Å². The molecule has 6 heteroatoms. The number of amides is 1. The van der Waals surface area contributed by atoms with Gasteiger partial charge in [-0.05, 0) is 26.8 Å². The molecule has 1 aliphatic heterocycles. The largest absolute Gasteiger partial charge is 0.491 e. The van der Waals surface area contributed by atoms with E-state index in [9.17, 15) is 14.7 Å². The Kier molecular flexibility index (Phi) is 4.06. The average Bonchev–Trinajstić information content (AvgIpc) is 2.55. The molecule has 1 heterocycles. The Morgan fingerprint density at radius 2 is 2.00 bits per heavy atom. The van der Waals surface area contributed by atoms with Gasteiger partial charge < -0.3 is 14.6 Å². The molecule has 0 bridgehead atoms. The molecule has 0 spiro atoms. The molecule has 1 unspecified atom stereocenters. The Balaban J connectivity index is 2.37. The van der Waals surface area contributed by atoms with Crippen molar-refractivity contribution in [2.24, 2.45) is 0 Å². The molecule has 1 aromatic rings. The molecule has 0 aliphatic carbocycles. The summed E-state index contributed by atoms with van der Waals surface area (Å²) in [6.07, 6.45) is -0.657. The van der Waals surface area contributed by atoms with Gasteiger partial charge in [0.2, 0.25) is 0 Å². The minimum Gasteiger partial charge on any atom is -0.491 e. The maximum absolute atomic E-state index is 12.3. The van der Waals surface area contributed by atoms with Crippen molar-refractivity contribution in [2.45, 2.75) is 32.4 Å². The first-order chi connectivity index (χ1) is 9.79. The molecule has 1 N–H and O–H groups in total. The number of para-hydroxylation sites is 1. The highest BCUT2D eigenvalue weighted by Gasteiger charge is 2.37. The van der Waals surface area contributed by atoms with Crippen LogP contribution in [0, 0.1) is 0 Å². The first-order valence-electron chi connectivity index (χ1n) is 6.74. The molecule has 0 saturated heterocycles. The Hall–Kier alpha value is -2.24. The van der Waals surface area contributed by atoms with Gasteiger partial charge in [0.05, 0.1) is 6.54 Å². The molecule has 0 radical (unpaired) electrons. The highest BCUT2D eigenvalue weighted by molar-refractivity contribution is 5.82. The minimum absolute atomic E-state index is 0.153. The maximum atomic E-state index is 12.3. The van der Waals surface area contributed by atoms with E-state index in [2.05, 4.69) is 0 Å². The predicted octanol–water partition coefficient (Wildman–Crippen LogP) is 2.44. The molecule has 1 atom stereocenters. The van der Waals surface area contributed by atoms with Crippen LogP contribution in [0.5, 0.6) is 5.75 Å². The lowest BCUT2D eigenvalue weighted by Gasteiger charge is -2.29. The summed E-state index contributed by atoms with van der Waals surface area (Å²) < 4.78 is 10.8. The smallest absolute Gasteiger partial charge is 0.411 e. The summed E-state index contributed by atoms with van der Waals surface area (Å²) in [5.74, 6) is -0.630. The molecule has 6 nitrogen and oxygen atoms in total. The number of carboxylic acids is 1. The van der Waals surface area contributed by atoms with Gasteiger partial charge in [0.25, 0.3) is 0 Å². The number of carbonyl (C=O) groups is 2. The van der Waals surface area contributed by atoms with E-state index in [1.165, 1.54) is 4.90 Å². The van der Waals surface area contributed by atoms with Crippen molar-refractivity contribution in [1.29, 1.82) is 0 Å². The first-order valence-corrected chi connectivity index (χ1v) is 6.74. The van der Waals surface area contributed by atoms with E-state index < -0.39 is 23.7 Å². The molecule has 1 amide bonds. The Labute approximate surface area is 123 Å². The number of benzene rings is 1. The second-order valence-electron chi connectivity index (χ2n) is 5.80. The Morgan fingerprint density at radius 3 is 2.62 bits per heavy atom. The van der Waals surface area contributed by atoms with Crippen LogP contribution in [0.4, 0.5) is 4.79 Å². The molecule has 1 aromatic carbocycles. The fourth-order valence-electron chi connectivity index (χ4n) is 2.17. The minimum atomic E-state index is -1.11. The number of fused-ring (bicyclic) bond motifs is 1. The van der Waals surface area contributed by atoms with Crippen molar-refractivity contribution in [2.75, 3.05) is 13.2 Å². The zero-order chi connectivity index (χ0) is 15.6. The highest BCUT2D eigenvalue weighted by Crippen LogP contribution is 2.33. The molecule has 114 valence electrons. The van der Waals surface area contributed by atoms with E-state index in [-0.39, 0.29) is 13.2 Å². The summed E-state index contributed by atoms with van der Waals surface area (Å²) >= 11 is 0. The highest BCUT2D eigenvalue weighted by atomic mass is 16.6. The Bertz CT molecular complexity index is 549. The van der Waals surface area contributed by atoms with E-state index in [0.717, 1.165) is 0 Å². The van der Waals surface area contributed by atoms with Gasteiger partial charge >= 0.3 is 12.1 Å². The van der Waals surface area contributed by atoms with Crippen LogP contribution in [0.3, 0.4) is 0 Å². The van der Waals surface area contributed by atoms with E-state index >= 15 is 0 Å². The molecular weight excluding hydrogens is 274 g/mol. The molecule has 21 heavy (non-hydrogen) atoms. The van der Waals surface area contributed by atoms with Crippen LogP contribution in [-0.2, 0) is 9.53 Å². The zero-order valence-electron chi connectivity index (χ0n) is 12.3. The number of hydrogen-bond acceptors (Lipinski definition) is 4. The van der Waals surface area contributed by atoms with Gasteiger partial charge in [0.15, 0.2) is 6.04 Å². The number of carboxylic acid groups (broad SMARTS) is 1. The van der Waals surface area contributed by atoms with Crippen molar-refractivity contribution in [3.05, 3.63) is 29.8 Å². The van der Waals surface area contributed by atoms with Gasteiger partial charge in [0.1, 0.15) is 18.0 Å². The van der Waals surface area contributed by atoms with Gasteiger partial charge in [-0.15, -0.1) is 0 Å². The third kappa shape index (κ3) is 3.45. The fraction of sp³-hybridized carbons (Fsp3) is 0.467. The SMILES string of the molecule is CC(C)(C)OC(=O)N1CCOc2ccccc2C1C(=O)O. The molecular formula is C15H19NO5. The van der Waals surface area contributed by atoms with E-state index in [0.29, 0.717) is 11.3 Å². The predicted molar refractivity (Wildman–Crippen MR) is 75.3 cm³/mol. The van der Waals surface area contributed by atoms with Gasteiger partial charge in [-0.1, -0.05) is 18.2 Å². The van der Waals surface area contributed by atoms with E-state index in [4.69, 9.17) is 9.47 Å². The van der Waals surface area contributed by atoms with Gasteiger partial charge in [-0.25, -0.2) is 9.59 Å². The fourth-order valence-corrected chi connectivity index (χ4v) is 2.17. The number of hydrogen-bond donors (Lipinski definition) is 1. The quantitative estimate of drug-likeness (QED) is 0.860. The number of ether oxygens (including phenoxy) is 2. The molecule has 0 aromatic heterocycles. The van der Waals surface area contributed by atoms with Crippen molar-refractivity contribution in [3.8, 4) is 5.75 Å². The molecule has 2 rings (SSSR count). The third-order valence-electron chi connectivity index (χ3n) is 2.98. The van der Waals surface area contributed by atoms with Crippen molar-refractivity contribution in [3.63, 3.8) is 0 Å². The zero-order valence-corrected chi connectivity index (χ0v) is 12.3. The van der Waals surface area contributed by atoms with Crippen LogP contribution < -0.4 is 4.74 Å². The second-order valence-corrected chi connectivity index (χ2v) is 5.80. The number of aliphatic carboxylic acids is 1. The standard InChI is InChI=1S/C15H19NO5/c1-15(2,3)21-14(19)16-8-9-20-11-7-5-4-6-10(11)12(16)13(17)18/h4-7,12H,8-9H2,1-3H3,(H,17,18). The summed E-state index contributed by atoms with van der Waals surface area (Å²) in [6.45, 7) is 5.59. The van der Waals surface area contributed by atoms with E-state index in [1.54, 1.807) is 45.0 Å². The number of nitrogens with zero attached hydrogens (tertiary/aromatic N) is 1. The summed E-state index contributed by atoms with van der Waals surface area (Å²) in [6, 6.07) is 5.72. The molecule has 1 aliphatic rings. The second kappa shape index (κ2) is 5.63. The van der Waals surface area contributed by atoms with Gasteiger partial charge in [0, 0.05) is 5.56 Å². The Morgan fingerprint density at radius 1 is 1.33 bits per heavy atom. The van der Waals surface area contributed by atoms with E-state index in [1.807, 2.05) is 0 Å². The summed E-state index contributed by atoms with van der Waals surface area (Å²) in [7, 11) is 0. The van der Waals surface area contributed by atoms with Crippen LogP contribution in [0.1, 0.15) is 32.4 Å². The average molecular weight is 293 g/mol. The van der Waals surface area contributed by atoms with Gasteiger partial charge in [-0.3, -0.25) is 4.90 Å². The summed E-state index contributed by atoms with van der Waals surface area (Å²) in [5.41, 5.74) is -0.235. The maximum Gasteiger partial charge on any atom is 0.411 e. The van der Waals surface area contributed by atoms with Crippen molar-refractivity contribution in [1.82, 2.24) is 4.90 Å². The van der Waals surface area contributed by atoms with Crippen LogP contribution in [0.2, 0.25) is 0 Å². The third-order valence-corrected chi connectivity index (χ3v) is 2.98. The van der Waals surface area contributed by atoms with Crippen LogP contribution >= 0.6 is 0 Å². The normalized spacial score (nSPS) is 18.2. The summed E-state index contributed by atoms with van der Waals surface area (Å²) in [5, 5.41) is 9.52. The van der Waals surface area contributed by atoms with Crippen LogP contribution in [0.25, 0.3) is 0 Å². The topological polar surface area (TPSA) is 76.1 Å². The van der Waals surface area contributed by atoms with Gasteiger partial charge in [-0.2, -0.15) is 0 Å². The molecule has 0 saturated carbocycles. The lowest BCUT2D eigenvalue weighted by Crippen LogP contribution is -2.42. The lowest BCUT2D eigenvalue weighted by molar-refractivity contribution is -0.143. The summed E-state index contributed by atoms with van der Waals surface area (Å²) in [4.78, 5) is 25.1.